The van der Waals surface area contributed by atoms with Gasteiger partial charge in [-0.25, -0.2) is 9.18 Å². The van der Waals surface area contributed by atoms with Gasteiger partial charge in [-0.15, -0.1) is 0 Å². The van der Waals surface area contributed by atoms with Gasteiger partial charge in [-0.3, -0.25) is 10.1 Å². The SMILES string of the molecule is COC(=O)C(CC(C)C)Nc1cc(F)c(I)cc1[N+](=O)[O-]. The molecule has 0 bridgehead atoms. The Hall–Kier alpha value is -1.45. The molecule has 8 heteroatoms. The minimum atomic E-state index is -0.770. The maximum absolute atomic E-state index is 13.6. The summed E-state index contributed by atoms with van der Waals surface area (Å²) in [5.41, 5.74) is -0.313. The molecule has 0 saturated heterocycles. The first-order valence-corrected chi connectivity index (χ1v) is 7.32. The molecule has 1 aromatic carbocycles. The van der Waals surface area contributed by atoms with E-state index in [1.54, 1.807) is 22.6 Å². The van der Waals surface area contributed by atoms with Gasteiger partial charge in [0.05, 0.1) is 15.6 Å². The Labute approximate surface area is 135 Å². The standard InChI is InChI=1S/C13H16FIN2O4/c1-7(2)4-11(13(18)21-3)16-10-5-8(14)9(15)6-12(10)17(19)20/h5-7,11,16H,4H2,1-3H3. The highest BCUT2D eigenvalue weighted by atomic mass is 127. The number of hydrogen-bond acceptors (Lipinski definition) is 5. The number of nitrogens with zero attached hydrogens (tertiary/aromatic N) is 1. The van der Waals surface area contributed by atoms with E-state index in [-0.39, 0.29) is 20.9 Å². The van der Waals surface area contributed by atoms with Crippen LogP contribution in [0.2, 0.25) is 0 Å². The van der Waals surface area contributed by atoms with Crippen molar-refractivity contribution in [3.63, 3.8) is 0 Å². The number of benzene rings is 1. The largest absolute Gasteiger partial charge is 0.467 e. The predicted octanol–water partition coefficient (Wildman–Crippen LogP) is 3.34. The first-order chi connectivity index (χ1) is 9.76. The van der Waals surface area contributed by atoms with Crippen LogP contribution in [0.1, 0.15) is 20.3 Å². The lowest BCUT2D eigenvalue weighted by molar-refractivity contribution is -0.384. The molecule has 1 atom stereocenters. The van der Waals surface area contributed by atoms with Crippen LogP contribution in [0.5, 0.6) is 0 Å². The van der Waals surface area contributed by atoms with Crippen LogP contribution in [0, 0.1) is 25.4 Å². The fourth-order valence-electron chi connectivity index (χ4n) is 1.82. The number of ether oxygens (including phenoxy) is 1. The first kappa shape index (κ1) is 17.6. The maximum Gasteiger partial charge on any atom is 0.328 e. The molecule has 21 heavy (non-hydrogen) atoms. The van der Waals surface area contributed by atoms with Gasteiger partial charge < -0.3 is 10.1 Å². The molecule has 6 nitrogen and oxygen atoms in total. The minimum Gasteiger partial charge on any atom is -0.467 e. The lowest BCUT2D eigenvalue weighted by atomic mass is 10.0. The molecule has 0 amide bonds. The Morgan fingerprint density at radius 2 is 2.14 bits per heavy atom. The van der Waals surface area contributed by atoms with Crippen molar-refractivity contribution in [3.05, 3.63) is 31.6 Å². The Morgan fingerprint density at radius 1 is 1.52 bits per heavy atom. The third-order valence-corrected chi connectivity index (χ3v) is 3.58. The van der Waals surface area contributed by atoms with E-state index in [2.05, 4.69) is 10.1 Å². The van der Waals surface area contributed by atoms with Crippen molar-refractivity contribution in [2.24, 2.45) is 5.92 Å². The van der Waals surface area contributed by atoms with Crippen molar-refractivity contribution in [1.82, 2.24) is 0 Å². The molecular formula is C13H16FIN2O4. The normalized spacial score (nSPS) is 12.1. The minimum absolute atomic E-state index is 0.0334. The molecule has 1 N–H and O–H groups in total. The zero-order valence-electron chi connectivity index (χ0n) is 11.9. The van der Waals surface area contributed by atoms with Crippen molar-refractivity contribution in [2.45, 2.75) is 26.3 Å². The fourth-order valence-corrected chi connectivity index (χ4v) is 2.27. The van der Waals surface area contributed by atoms with E-state index in [1.807, 2.05) is 13.8 Å². The van der Waals surface area contributed by atoms with Crippen molar-refractivity contribution in [1.29, 1.82) is 0 Å². The van der Waals surface area contributed by atoms with E-state index in [0.29, 0.717) is 6.42 Å². The van der Waals surface area contributed by atoms with Gasteiger partial charge in [0.1, 0.15) is 17.5 Å². The number of halogens is 2. The Morgan fingerprint density at radius 3 is 2.62 bits per heavy atom. The number of methoxy groups -OCH3 is 1. The van der Waals surface area contributed by atoms with Crippen molar-refractivity contribution in [2.75, 3.05) is 12.4 Å². The number of carbonyl (C=O) groups is 1. The quantitative estimate of drug-likeness (QED) is 0.337. The van der Waals surface area contributed by atoms with Crippen molar-refractivity contribution < 1.29 is 18.8 Å². The third kappa shape index (κ3) is 4.80. The lowest BCUT2D eigenvalue weighted by Crippen LogP contribution is -2.32. The van der Waals surface area contributed by atoms with Gasteiger partial charge >= 0.3 is 5.97 Å². The van der Waals surface area contributed by atoms with E-state index < -0.39 is 22.8 Å². The van der Waals surface area contributed by atoms with Gasteiger partial charge in [-0.05, 0) is 34.9 Å². The summed E-state index contributed by atoms with van der Waals surface area (Å²) < 4.78 is 18.4. The molecule has 1 unspecified atom stereocenters. The molecule has 116 valence electrons. The van der Waals surface area contributed by atoms with Gasteiger partial charge in [0.2, 0.25) is 0 Å². The average Bonchev–Trinajstić information content (AvgIpc) is 2.40. The van der Waals surface area contributed by atoms with Crippen molar-refractivity contribution in [3.8, 4) is 0 Å². The number of carbonyl (C=O) groups excluding carboxylic acids is 1. The van der Waals surface area contributed by atoms with Gasteiger partial charge in [0.15, 0.2) is 0 Å². The summed E-state index contributed by atoms with van der Waals surface area (Å²) in [6, 6.07) is 1.38. The second-order valence-electron chi connectivity index (χ2n) is 4.89. The predicted molar refractivity (Wildman–Crippen MR) is 84.7 cm³/mol. The lowest BCUT2D eigenvalue weighted by Gasteiger charge is -2.19. The number of esters is 1. The molecule has 0 radical (unpaired) electrons. The van der Waals surface area contributed by atoms with Crippen LogP contribution in [0.25, 0.3) is 0 Å². The van der Waals surface area contributed by atoms with Crippen molar-refractivity contribution >= 4 is 39.9 Å². The molecule has 1 rings (SSSR count). The van der Waals surface area contributed by atoms with Gasteiger partial charge in [0.25, 0.3) is 5.69 Å². The van der Waals surface area contributed by atoms with Crippen LogP contribution in [0.15, 0.2) is 12.1 Å². The Kier molecular flexibility index (Phi) is 6.31. The highest BCUT2D eigenvalue weighted by Crippen LogP contribution is 2.30. The van der Waals surface area contributed by atoms with E-state index >= 15 is 0 Å². The zero-order chi connectivity index (χ0) is 16.2. The monoisotopic (exact) mass is 410 g/mol. The summed E-state index contributed by atoms with van der Waals surface area (Å²) in [4.78, 5) is 22.2. The summed E-state index contributed by atoms with van der Waals surface area (Å²) in [6.45, 7) is 3.81. The molecule has 0 spiro atoms. The van der Waals surface area contributed by atoms with E-state index in [1.165, 1.54) is 7.11 Å². The third-order valence-electron chi connectivity index (χ3n) is 2.76. The van der Waals surface area contributed by atoms with Gasteiger partial charge in [-0.1, -0.05) is 13.8 Å². The Balaban J connectivity index is 3.15. The molecule has 0 aromatic heterocycles. The van der Waals surface area contributed by atoms with Gasteiger partial charge in [0, 0.05) is 12.1 Å². The van der Waals surface area contributed by atoms with E-state index in [0.717, 1.165) is 12.1 Å². The highest BCUT2D eigenvalue weighted by Gasteiger charge is 2.25. The summed E-state index contributed by atoms with van der Waals surface area (Å²) in [6.07, 6.45) is 0.414. The molecular weight excluding hydrogens is 394 g/mol. The average molecular weight is 410 g/mol. The van der Waals surface area contributed by atoms with Crippen LogP contribution in [0.4, 0.5) is 15.8 Å². The highest BCUT2D eigenvalue weighted by molar-refractivity contribution is 14.1. The first-order valence-electron chi connectivity index (χ1n) is 6.24. The molecule has 0 heterocycles. The van der Waals surface area contributed by atoms with Crippen LogP contribution in [-0.2, 0) is 9.53 Å². The molecule has 0 fully saturated rings. The van der Waals surface area contributed by atoms with Crippen LogP contribution >= 0.6 is 22.6 Å². The molecule has 0 aliphatic heterocycles. The second kappa shape index (κ2) is 7.53. The smallest absolute Gasteiger partial charge is 0.328 e. The number of nitro groups is 1. The van der Waals surface area contributed by atoms with Gasteiger partial charge in [-0.2, -0.15) is 0 Å². The molecule has 1 aromatic rings. The fraction of sp³-hybridized carbons (Fsp3) is 0.462. The summed E-state index contributed by atoms with van der Waals surface area (Å²) in [5.74, 6) is -0.969. The number of nitrogens with one attached hydrogen (secondary N) is 1. The maximum atomic E-state index is 13.6. The second-order valence-corrected chi connectivity index (χ2v) is 6.05. The van der Waals surface area contributed by atoms with Crippen LogP contribution in [-0.4, -0.2) is 24.0 Å². The van der Waals surface area contributed by atoms with E-state index in [9.17, 15) is 19.3 Å². The summed E-state index contributed by atoms with van der Waals surface area (Å²) >= 11 is 1.68. The van der Waals surface area contributed by atoms with Crippen LogP contribution in [0.3, 0.4) is 0 Å². The zero-order valence-corrected chi connectivity index (χ0v) is 14.0. The van der Waals surface area contributed by atoms with Crippen LogP contribution < -0.4 is 5.32 Å². The number of nitro benzene ring substituents is 1. The molecule has 0 saturated carbocycles. The topological polar surface area (TPSA) is 81.5 Å². The molecule has 0 aliphatic rings. The number of hydrogen-bond donors (Lipinski definition) is 1. The molecule has 0 aliphatic carbocycles. The summed E-state index contributed by atoms with van der Waals surface area (Å²) in [5, 5.41) is 13.8. The number of rotatable bonds is 6. The summed E-state index contributed by atoms with van der Waals surface area (Å²) in [7, 11) is 1.24. The van der Waals surface area contributed by atoms with E-state index in [4.69, 9.17) is 0 Å². The Bertz CT molecular complexity index is 551. The number of anilines is 1.